The summed E-state index contributed by atoms with van der Waals surface area (Å²) in [6, 6.07) is 3.44. The van der Waals surface area contributed by atoms with Crippen molar-refractivity contribution in [1.82, 2.24) is 40.5 Å². The highest BCUT2D eigenvalue weighted by Gasteiger charge is 2.31. The fraction of sp³-hybridized carbons (Fsp3) is 0.429. The molecule has 10 nitrogen and oxygen atoms in total. The summed E-state index contributed by atoms with van der Waals surface area (Å²) in [6.45, 7) is 2.52. The minimum atomic E-state index is -0.118. The van der Waals surface area contributed by atoms with E-state index in [1.165, 1.54) is 11.0 Å². The molecule has 1 amide bonds. The molecule has 1 N–H and O–H groups in total. The van der Waals surface area contributed by atoms with Crippen LogP contribution in [0.15, 0.2) is 23.0 Å². The minimum absolute atomic E-state index is 0.0801. The van der Waals surface area contributed by atoms with Crippen LogP contribution in [0.2, 0.25) is 0 Å². The second-order valence-electron chi connectivity index (χ2n) is 5.77. The van der Waals surface area contributed by atoms with Crippen molar-refractivity contribution >= 4 is 5.91 Å². The van der Waals surface area contributed by atoms with E-state index in [-0.39, 0.29) is 11.9 Å². The van der Waals surface area contributed by atoms with Crippen molar-refractivity contribution in [3.8, 4) is 5.82 Å². The Labute approximate surface area is 136 Å². The average molecular weight is 328 g/mol. The van der Waals surface area contributed by atoms with E-state index in [9.17, 15) is 4.79 Å². The summed E-state index contributed by atoms with van der Waals surface area (Å²) in [5.41, 5.74) is 1.19. The molecule has 3 aromatic heterocycles. The standard InChI is InChI=1S/C14H16N8O2/c1-9-6-10(18-24-9)12-4-2-3-5-21(12)14(23)11-7-13(17-16-11)22-8-15-19-20-22/h6-8,12H,2-5H2,1H3,(H,16,17). The fourth-order valence-electron chi connectivity index (χ4n) is 2.98. The smallest absolute Gasteiger partial charge is 0.272 e. The van der Waals surface area contributed by atoms with Crippen molar-refractivity contribution in [1.29, 1.82) is 0 Å². The zero-order chi connectivity index (χ0) is 16.5. The van der Waals surface area contributed by atoms with Crippen molar-refractivity contribution < 1.29 is 9.32 Å². The van der Waals surface area contributed by atoms with Gasteiger partial charge in [-0.2, -0.15) is 9.78 Å². The molecule has 3 aromatic rings. The van der Waals surface area contributed by atoms with Gasteiger partial charge in [-0.3, -0.25) is 9.89 Å². The number of aromatic amines is 1. The first-order chi connectivity index (χ1) is 11.7. The van der Waals surface area contributed by atoms with Crippen LogP contribution in [0.25, 0.3) is 5.82 Å². The Kier molecular flexibility index (Phi) is 3.56. The Morgan fingerprint density at radius 3 is 3.04 bits per heavy atom. The average Bonchev–Trinajstić information content (AvgIpc) is 3.34. The largest absolute Gasteiger partial charge is 0.361 e. The fourth-order valence-corrected chi connectivity index (χ4v) is 2.98. The highest BCUT2D eigenvalue weighted by atomic mass is 16.5. The summed E-state index contributed by atoms with van der Waals surface area (Å²) < 4.78 is 6.56. The summed E-state index contributed by atoms with van der Waals surface area (Å²) in [4.78, 5) is 14.7. The molecule has 4 rings (SSSR count). The van der Waals surface area contributed by atoms with Gasteiger partial charge < -0.3 is 9.42 Å². The minimum Gasteiger partial charge on any atom is -0.361 e. The molecular formula is C14H16N8O2. The normalized spacial score (nSPS) is 18.0. The molecule has 0 radical (unpaired) electrons. The molecule has 1 saturated heterocycles. The van der Waals surface area contributed by atoms with Gasteiger partial charge in [0, 0.05) is 18.7 Å². The Morgan fingerprint density at radius 2 is 2.29 bits per heavy atom. The van der Waals surface area contributed by atoms with E-state index in [2.05, 4.69) is 30.9 Å². The van der Waals surface area contributed by atoms with Crippen LogP contribution in [-0.4, -0.2) is 52.9 Å². The first kappa shape index (κ1) is 14.5. The summed E-state index contributed by atoms with van der Waals surface area (Å²) in [7, 11) is 0. The van der Waals surface area contributed by atoms with Crippen LogP contribution in [0, 0.1) is 6.92 Å². The van der Waals surface area contributed by atoms with Crippen LogP contribution >= 0.6 is 0 Å². The molecule has 1 fully saturated rings. The molecule has 1 aliphatic heterocycles. The lowest BCUT2D eigenvalue weighted by molar-refractivity contribution is 0.0595. The van der Waals surface area contributed by atoms with Crippen LogP contribution in [-0.2, 0) is 0 Å². The summed E-state index contributed by atoms with van der Waals surface area (Å²) in [5.74, 6) is 1.09. The number of carbonyl (C=O) groups excluding carboxylic acids is 1. The number of aromatic nitrogens is 7. The molecule has 0 aromatic carbocycles. The number of nitrogens with one attached hydrogen (secondary N) is 1. The zero-order valence-corrected chi connectivity index (χ0v) is 13.1. The Hall–Kier alpha value is -3.04. The van der Waals surface area contributed by atoms with Crippen molar-refractivity contribution in [2.45, 2.75) is 32.2 Å². The van der Waals surface area contributed by atoms with Gasteiger partial charge in [0.05, 0.1) is 6.04 Å². The molecule has 0 aliphatic carbocycles. The van der Waals surface area contributed by atoms with E-state index in [1.54, 1.807) is 6.07 Å². The van der Waals surface area contributed by atoms with Gasteiger partial charge >= 0.3 is 0 Å². The molecule has 0 saturated carbocycles. The number of likely N-dealkylation sites (tertiary alicyclic amines) is 1. The lowest BCUT2D eigenvalue weighted by Gasteiger charge is -2.34. The van der Waals surface area contributed by atoms with E-state index < -0.39 is 0 Å². The number of nitrogens with zero attached hydrogens (tertiary/aromatic N) is 7. The van der Waals surface area contributed by atoms with Gasteiger partial charge in [-0.25, -0.2) is 0 Å². The molecule has 1 aliphatic rings. The number of hydrogen-bond donors (Lipinski definition) is 1. The van der Waals surface area contributed by atoms with E-state index in [0.29, 0.717) is 18.1 Å². The summed E-state index contributed by atoms with van der Waals surface area (Å²) in [6.07, 6.45) is 4.31. The Morgan fingerprint density at radius 1 is 1.38 bits per heavy atom. The predicted octanol–water partition coefficient (Wildman–Crippen LogP) is 1.05. The van der Waals surface area contributed by atoms with E-state index >= 15 is 0 Å². The first-order valence-corrected chi connectivity index (χ1v) is 7.75. The number of hydrogen-bond acceptors (Lipinski definition) is 7. The Balaban J connectivity index is 1.60. The van der Waals surface area contributed by atoms with E-state index in [1.807, 2.05) is 17.9 Å². The molecule has 24 heavy (non-hydrogen) atoms. The van der Waals surface area contributed by atoms with Crippen molar-refractivity contribution in [2.24, 2.45) is 0 Å². The van der Waals surface area contributed by atoms with Crippen molar-refractivity contribution in [3.63, 3.8) is 0 Å². The molecule has 1 atom stereocenters. The lowest BCUT2D eigenvalue weighted by atomic mass is 9.98. The van der Waals surface area contributed by atoms with Gasteiger partial charge in [0.2, 0.25) is 0 Å². The number of amides is 1. The molecule has 124 valence electrons. The molecular weight excluding hydrogens is 312 g/mol. The second kappa shape index (κ2) is 5.87. The topological polar surface area (TPSA) is 119 Å². The van der Waals surface area contributed by atoms with Gasteiger partial charge in [0.25, 0.3) is 5.91 Å². The number of carbonyl (C=O) groups is 1. The third-order valence-corrected chi connectivity index (χ3v) is 4.13. The number of H-pyrrole nitrogens is 1. The van der Waals surface area contributed by atoms with Crippen LogP contribution in [0.3, 0.4) is 0 Å². The van der Waals surface area contributed by atoms with Gasteiger partial charge in [-0.1, -0.05) is 5.16 Å². The van der Waals surface area contributed by atoms with Gasteiger partial charge in [0.15, 0.2) is 5.82 Å². The third kappa shape index (κ3) is 2.55. The Bertz CT molecular complexity index is 837. The van der Waals surface area contributed by atoms with E-state index in [0.717, 1.165) is 30.7 Å². The van der Waals surface area contributed by atoms with Gasteiger partial charge in [-0.15, -0.1) is 5.10 Å². The van der Waals surface area contributed by atoms with E-state index in [4.69, 9.17) is 4.52 Å². The SMILES string of the molecule is Cc1cc(C2CCCCN2C(=O)c2cc(-n3cnnn3)n[nH]2)no1. The number of piperidine rings is 1. The first-order valence-electron chi connectivity index (χ1n) is 7.75. The van der Waals surface area contributed by atoms with Crippen molar-refractivity contribution in [2.75, 3.05) is 6.54 Å². The highest BCUT2D eigenvalue weighted by Crippen LogP contribution is 2.31. The predicted molar refractivity (Wildman–Crippen MR) is 80.2 cm³/mol. The lowest BCUT2D eigenvalue weighted by Crippen LogP contribution is -2.38. The van der Waals surface area contributed by atoms with Gasteiger partial charge in [0.1, 0.15) is 23.5 Å². The molecule has 0 bridgehead atoms. The van der Waals surface area contributed by atoms with Crippen molar-refractivity contribution in [3.05, 3.63) is 35.6 Å². The number of aryl methyl sites for hydroxylation is 1. The summed E-state index contributed by atoms with van der Waals surface area (Å²) >= 11 is 0. The molecule has 4 heterocycles. The van der Waals surface area contributed by atoms with Crippen LogP contribution < -0.4 is 0 Å². The summed E-state index contributed by atoms with van der Waals surface area (Å²) in [5, 5.41) is 21.8. The van der Waals surface area contributed by atoms with Gasteiger partial charge in [-0.05, 0) is 36.6 Å². The highest BCUT2D eigenvalue weighted by molar-refractivity contribution is 5.93. The third-order valence-electron chi connectivity index (χ3n) is 4.13. The van der Waals surface area contributed by atoms with Crippen LogP contribution in [0.5, 0.6) is 0 Å². The molecule has 1 unspecified atom stereocenters. The quantitative estimate of drug-likeness (QED) is 0.763. The molecule has 0 spiro atoms. The maximum absolute atomic E-state index is 12.9. The number of tetrazole rings is 1. The second-order valence-corrected chi connectivity index (χ2v) is 5.77. The number of rotatable bonds is 3. The maximum atomic E-state index is 12.9. The van der Waals surface area contributed by atoms with Crippen LogP contribution in [0.4, 0.5) is 0 Å². The molecule has 10 heteroatoms. The maximum Gasteiger partial charge on any atom is 0.272 e. The van der Waals surface area contributed by atoms with Crippen LogP contribution in [0.1, 0.15) is 47.2 Å². The monoisotopic (exact) mass is 328 g/mol. The zero-order valence-electron chi connectivity index (χ0n) is 13.1.